The summed E-state index contributed by atoms with van der Waals surface area (Å²) < 4.78 is 35.9. The molecule has 0 atom stereocenters. The molecule has 1 heterocycles. The largest absolute Gasteiger partial charge is 0.490 e. The van der Waals surface area contributed by atoms with E-state index in [1.807, 2.05) is 11.9 Å². The third kappa shape index (κ3) is 2.40. The molecule has 0 fully saturated rings. The Bertz CT molecular complexity index is 488. The zero-order chi connectivity index (χ0) is 11.1. The highest BCUT2D eigenvalue weighted by Crippen LogP contribution is 2.32. The van der Waals surface area contributed by atoms with Crippen LogP contribution in [0.25, 0.3) is 0 Å². The molecule has 0 spiro atoms. The summed E-state index contributed by atoms with van der Waals surface area (Å²) in [6.45, 7) is 1.27. The number of nitrogens with zero attached hydrogens (tertiary/aromatic N) is 1. The summed E-state index contributed by atoms with van der Waals surface area (Å²) in [5.41, 5.74) is 0.827. The lowest BCUT2D eigenvalue weighted by molar-refractivity contribution is 0.310. The highest BCUT2D eigenvalue weighted by Gasteiger charge is 2.18. The van der Waals surface area contributed by atoms with Crippen LogP contribution in [0.4, 0.5) is 5.69 Å². The Morgan fingerprint density at radius 1 is 1.44 bits per heavy atom. The number of likely N-dealkylation sites (N-methyl/N-ethyl adjacent to an activating group) is 1. The fraction of sp³-hybridized carbons (Fsp3) is 0.333. The Kier molecular flexibility index (Phi) is 3.67. The van der Waals surface area contributed by atoms with Crippen molar-refractivity contribution < 1.29 is 17.7 Å². The molecule has 5 nitrogen and oxygen atoms in total. The maximum absolute atomic E-state index is 10.9. The Hall–Kier alpha value is -0.980. The van der Waals surface area contributed by atoms with Crippen LogP contribution in [0.1, 0.15) is 0 Å². The normalized spacial score (nSPS) is 14.8. The van der Waals surface area contributed by atoms with E-state index in [1.165, 1.54) is 12.1 Å². The van der Waals surface area contributed by atoms with Crippen LogP contribution in [0.2, 0.25) is 0 Å². The minimum absolute atomic E-state index is 0. The molecule has 2 rings (SSSR count). The molecule has 0 aliphatic carbocycles. The van der Waals surface area contributed by atoms with Crippen LogP contribution in [0.15, 0.2) is 23.1 Å². The molecule has 0 saturated heterocycles. The lowest BCUT2D eigenvalue weighted by Gasteiger charge is -2.27. The van der Waals surface area contributed by atoms with Gasteiger partial charge in [0.25, 0.3) is 10.1 Å². The Morgan fingerprint density at radius 3 is 2.75 bits per heavy atom. The summed E-state index contributed by atoms with van der Waals surface area (Å²) in [5.74, 6) is 0.485. The second-order valence-corrected chi connectivity index (χ2v) is 4.80. The topological polar surface area (TPSA) is 66.8 Å². The molecule has 1 aromatic rings. The van der Waals surface area contributed by atoms with Gasteiger partial charge < -0.3 is 9.64 Å². The van der Waals surface area contributed by atoms with Gasteiger partial charge in [-0.05, 0) is 12.1 Å². The SMILES string of the molecule is CN1CCOc2cc(S(=O)(=O)O)ccc21.Cl. The molecule has 0 bridgehead atoms. The van der Waals surface area contributed by atoms with Crippen molar-refractivity contribution in [2.75, 3.05) is 25.1 Å². The highest BCUT2D eigenvalue weighted by atomic mass is 35.5. The smallest absolute Gasteiger partial charge is 0.294 e. The predicted octanol–water partition coefficient (Wildman–Crippen LogP) is 1.18. The lowest BCUT2D eigenvalue weighted by atomic mass is 10.2. The van der Waals surface area contributed by atoms with Crippen molar-refractivity contribution >= 4 is 28.2 Å². The summed E-state index contributed by atoms with van der Waals surface area (Å²) in [6, 6.07) is 4.32. The minimum atomic E-state index is -4.15. The van der Waals surface area contributed by atoms with Crippen LogP contribution >= 0.6 is 12.4 Å². The molecule has 16 heavy (non-hydrogen) atoms. The fourth-order valence-corrected chi connectivity index (χ4v) is 1.99. The molecule has 0 radical (unpaired) electrons. The van der Waals surface area contributed by atoms with E-state index in [4.69, 9.17) is 9.29 Å². The Labute approximate surface area is 100 Å². The lowest BCUT2D eigenvalue weighted by Crippen LogP contribution is -2.28. The van der Waals surface area contributed by atoms with Crippen molar-refractivity contribution in [2.24, 2.45) is 0 Å². The average molecular weight is 266 g/mol. The molecule has 0 aromatic heterocycles. The molecule has 1 aromatic carbocycles. The van der Waals surface area contributed by atoms with E-state index in [1.54, 1.807) is 6.07 Å². The zero-order valence-corrected chi connectivity index (χ0v) is 10.2. The molecule has 0 unspecified atom stereocenters. The number of fused-ring (bicyclic) bond motifs is 1. The van der Waals surface area contributed by atoms with Crippen LogP contribution in [-0.2, 0) is 10.1 Å². The molecule has 90 valence electrons. The number of hydrogen-bond donors (Lipinski definition) is 1. The first kappa shape index (κ1) is 13.1. The predicted molar refractivity (Wildman–Crippen MR) is 62.3 cm³/mol. The highest BCUT2D eigenvalue weighted by molar-refractivity contribution is 7.85. The first-order chi connectivity index (χ1) is 6.98. The monoisotopic (exact) mass is 265 g/mol. The standard InChI is InChI=1S/C9H11NO4S.ClH/c1-10-4-5-14-9-6-7(15(11,12)13)2-3-8(9)10;/h2-3,6H,4-5H2,1H3,(H,11,12,13);1H. The first-order valence-corrected chi connectivity index (χ1v) is 5.88. The van der Waals surface area contributed by atoms with Crippen molar-refractivity contribution in [1.82, 2.24) is 0 Å². The third-order valence-corrected chi connectivity index (χ3v) is 3.17. The van der Waals surface area contributed by atoms with Crippen molar-refractivity contribution in [2.45, 2.75) is 4.90 Å². The molecule has 1 N–H and O–H groups in total. The Balaban J connectivity index is 0.00000128. The molecule has 1 aliphatic rings. The van der Waals surface area contributed by atoms with Gasteiger partial charge in [0.1, 0.15) is 12.4 Å². The van der Waals surface area contributed by atoms with Gasteiger partial charge in [-0.15, -0.1) is 12.4 Å². The number of ether oxygens (including phenoxy) is 1. The number of anilines is 1. The quantitative estimate of drug-likeness (QED) is 0.773. The van der Waals surface area contributed by atoms with Crippen molar-refractivity contribution in [1.29, 1.82) is 0 Å². The van der Waals surface area contributed by atoms with Gasteiger partial charge in [0.2, 0.25) is 0 Å². The fourth-order valence-electron chi connectivity index (χ4n) is 1.50. The summed E-state index contributed by atoms with van der Waals surface area (Å²) in [4.78, 5) is 1.82. The summed E-state index contributed by atoms with van der Waals surface area (Å²) in [6.07, 6.45) is 0. The van der Waals surface area contributed by atoms with E-state index >= 15 is 0 Å². The van der Waals surface area contributed by atoms with E-state index in [9.17, 15) is 8.42 Å². The molecule has 1 aliphatic heterocycles. The van der Waals surface area contributed by atoms with Crippen molar-refractivity contribution in [3.05, 3.63) is 18.2 Å². The minimum Gasteiger partial charge on any atom is -0.490 e. The number of rotatable bonds is 1. The summed E-state index contributed by atoms with van der Waals surface area (Å²) >= 11 is 0. The van der Waals surface area contributed by atoms with Crippen LogP contribution in [0.3, 0.4) is 0 Å². The van der Waals surface area contributed by atoms with Gasteiger partial charge in [0.15, 0.2) is 0 Å². The van der Waals surface area contributed by atoms with Gasteiger partial charge in [-0.3, -0.25) is 4.55 Å². The van der Waals surface area contributed by atoms with Crippen LogP contribution in [0, 0.1) is 0 Å². The maximum atomic E-state index is 10.9. The van der Waals surface area contributed by atoms with Gasteiger partial charge in [0, 0.05) is 13.1 Å². The van der Waals surface area contributed by atoms with Gasteiger partial charge in [-0.25, -0.2) is 0 Å². The molecular weight excluding hydrogens is 254 g/mol. The molecule has 0 amide bonds. The molecule has 0 saturated carbocycles. The summed E-state index contributed by atoms with van der Waals surface area (Å²) in [7, 11) is -2.26. The molecular formula is C9H12ClNO4S. The third-order valence-electron chi connectivity index (χ3n) is 2.32. The van der Waals surface area contributed by atoms with E-state index in [0.717, 1.165) is 12.2 Å². The van der Waals surface area contributed by atoms with Crippen LogP contribution in [0.5, 0.6) is 5.75 Å². The second kappa shape index (κ2) is 4.48. The van der Waals surface area contributed by atoms with Crippen LogP contribution < -0.4 is 9.64 Å². The first-order valence-electron chi connectivity index (χ1n) is 4.44. The van der Waals surface area contributed by atoms with E-state index in [0.29, 0.717) is 12.4 Å². The number of halogens is 1. The van der Waals surface area contributed by atoms with Gasteiger partial charge in [0.05, 0.1) is 17.1 Å². The van der Waals surface area contributed by atoms with Crippen molar-refractivity contribution in [3.63, 3.8) is 0 Å². The second-order valence-electron chi connectivity index (χ2n) is 3.37. The number of hydrogen-bond acceptors (Lipinski definition) is 4. The van der Waals surface area contributed by atoms with Gasteiger partial charge >= 0.3 is 0 Å². The van der Waals surface area contributed by atoms with Crippen molar-refractivity contribution in [3.8, 4) is 5.75 Å². The number of benzene rings is 1. The summed E-state index contributed by atoms with van der Waals surface area (Å²) in [5, 5.41) is 0. The molecule has 7 heteroatoms. The van der Waals surface area contributed by atoms with E-state index in [-0.39, 0.29) is 17.3 Å². The average Bonchev–Trinajstić information content (AvgIpc) is 2.16. The van der Waals surface area contributed by atoms with E-state index < -0.39 is 10.1 Å². The van der Waals surface area contributed by atoms with Crippen LogP contribution in [-0.4, -0.2) is 33.2 Å². The zero-order valence-electron chi connectivity index (χ0n) is 8.58. The Morgan fingerprint density at radius 2 is 2.12 bits per heavy atom. The maximum Gasteiger partial charge on any atom is 0.294 e. The van der Waals surface area contributed by atoms with E-state index in [2.05, 4.69) is 0 Å². The van der Waals surface area contributed by atoms with Gasteiger partial charge in [-0.2, -0.15) is 8.42 Å². The van der Waals surface area contributed by atoms with Gasteiger partial charge in [-0.1, -0.05) is 0 Å².